The summed E-state index contributed by atoms with van der Waals surface area (Å²) < 4.78 is 38.6. The van der Waals surface area contributed by atoms with Crippen LogP contribution in [0.5, 0.6) is 11.5 Å². The molecule has 0 unspecified atom stereocenters. The zero-order valence-corrected chi connectivity index (χ0v) is 15.4. The number of benzene rings is 2. The molecule has 0 spiro atoms. The largest absolute Gasteiger partial charge is 0.726 e. The highest BCUT2D eigenvalue weighted by Gasteiger charge is 2.19. The first-order chi connectivity index (χ1) is 11.5. The quantitative estimate of drug-likeness (QED) is 0.458. The van der Waals surface area contributed by atoms with Crippen LogP contribution >= 0.6 is 23.2 Å². The van der Waals surface area contributed by atoms with Gasteiger partial charge >= 0.3 is 5.69 Å². The molecule has 0 amide bonds. The zero-order chi connectivity index (χ0) is 19.2. The van der Waals surface area contributed by atoms with Crippen LogP contribution in [0.4, 0.5) is 11.4 Å². The second-order valence-electron chi connectivity index (χ2n) is 4.75. The molecular weight excluding hydrogens is 393 g/mol. The highest BCUT2D eigenvalue weighted by Crippen LogP contribution is 2.39. The number of diazo groups is 1. The van der Waals surface area contributed by atoms with Crippen LogP contribution in [-0.2, 0) is 10.4 Å². The Morgan fingerprint density at radius 2 is 1.72 bits per heavy atom. The van der Waals surface area contributed by atoms with Gasteiger partial charge in [-0.3, -0.25) is 4.55 Å². The van der Waals surface area contributed by atoms with Crippen molar-refractivity contribution in [2.24, 2.45) is 0 Å². The number of ether oxygens (including phenoxy) is 1. The Kier molecular flexibility index (Phi) is 7.41. The number of hydrogen-bond donors (Lipinski definition) is 1. The van der Waals surface area contributed by atoms with Gasteiger partial charge in [-0.1, -0.05) is 23.2 Å². The lowest BCUT2D eigenvalue weighted by molar-refractivity contribution is 0.366. The van der Waals surface area contributed by atoms with E-state index < -0.39 is 10.4 Å². The van der Waals surface area contributed by atoms with E-state index in [9.17, 15) is 0 Å². The van der Waals surface area contributed by atoms with E-state index in [0.717, 1.165) is 5.69 Å². The third-order valence-corrected chi connectivity index (χ3v) is 3.21. The molecule has 1 N–H and O–H groups in total. The molecule has 25 heavy (non-hydrogen) atoms. The topological polar surface area (TPSA) is 118 Å². The van der Waals surface area contributed by atoms with E-state index in [1.807, 2.05) is 19.0 Å². The van der Waals surface area contributed by atoms with E-state index in [2.05, 4.69) is 4.98 Å². The molecule has 2 rings (SSSR count). The average molecular weight is 406 g/mol. The Labute approximate surface area is 154 Å². The summed E-state index contributed by atoms with van der Waals surface area (Å²) in [6.07, 6.45) is 0. The predicted molar refractivity (Wildman–Crippen MR) is 94.4 cm³/mol. The maximum absolute atomic E-state index is 8.93. The van der Waals surface area contributed by atoms with Gasteiger partial charge in [-0.05, 0) is 30.3 Å². The minimum atomic E-state index is -4.92. The van der Waals surface area contributed by atoms with Gasteiger partial charge in [0.05, 0.1) is 11.8 Å². The Hall–Kier alpha value is -2.09. The average Bonchev–Trinajstić information content (AvgIpc) is 2.49. The highest BCUT2D eigenvalue weighted by molar-refractivity contribution is 7.79. The SMILES string of the molecule is CN(C)c1cc(Cl)c([N+]#N)cc1Oc1ccc(Cl)cc1.O=S(=O)([O-])O. The third-order valence-electron chi connectivity index (χ3n) is 2.66. The highest BCUT2D eigenvalue weighted by atomic mass is 35.5. The van der Waals surface area contributed by atoms with E-state index in [-0.39, 0.29) is 5.69 Å². The lowest BCUT2D eigenvalue weighted by atomic mass is 10.2. The number of halogens is 2. The van der Waals surface area contributed by atoms with Gasteiger partial charge < -0.3 is 14.2 Å². The molecule has 0 bridgehead atoms. The van der Waals surface area contributed by atoms with Crippen molar-refractivity contribution < 1.29 is 22.3 Å². The van der Waals surface area contributed by atoms with Crippen LogP contribution in [-0.4, -0.2) is 31.6 Å². The lowest BCUT2D eigenvalue weighted by Gasteiger charge is -2.17. The van der Waals surface area contributed by atoms with Crippen LogP contribution in [0.25, 0.3) is 4.98 Å². The molecule has 0 saturated carbocycles. The summed E-state index contributed by atoms with van der Waals surface area (Å²) in [4.78, 5) is 4.99. The number of hydrogen-bond acceptors (Lipinski definition) is 6. The molecule has 11 heteroatoms. The Balaban J connectivity index is 0.000000550. The normalized spacial score (nSPS) is 10.3. The molecule has 0 radical (unpaired) electrons. The van der Waals surface area contributed by atoms with Crippen molar-refractivity contribution in [2.75, 3.05) is 19.0 Å². The van der Waals surface area contributed by atoms with Gasteiger partial charge in [-0.15, -0.1) is 0 Å². The molecule has 2 aromatic carbocycles. The molecule has 0 aliphatic heterocycles. The molecule has 8 nitrogen and oxygen atoms in total. The molecular formula is C14H13Cl2N3O5S. The summed E-state index contributed by atoms with van der Waals surface area (Å²) in [5, 5.41) is 9.91. The molecule has 0 atom stereocenters. The molecule has 0 heterocycles. The predicted octanol–water partition coefficient (Wildman–Crippen LogP) is 4.34. The lowest BCUT2D eigenvalue weighted by Crippen LogP contribution is -2.09. The van der Waals surface area contributed by atoms with Crippen LogP contribution < -0.4 is 9.64 Å². The minimum Gasteiger partial charge on any atom is -0.726 e. The van der Waals surface area contributed by atoms with Gasteiger partial charge in [-0.2, -0.15) is 0 Å². The molecule has 0 saturated heterocycles. The van der Waals surface area contributed by atoms with Crippen LogP contribution in [0.1, 0.15) is 0 Å². The van der Waals surface area contributed by atoms with Crippen molar-refractivity contribution in [2.45, 2.75) is 0 Å². The maximum atomic E-state index is 8.93. The van der Waals surface area contributed by atoms with Gasteiger partial charge in [0, 0.05) is 19.1 Å². The number of anilines is 1. The number of rotatable bonds is 3. The summed E-state index contributed by atoms with van der Waals surface area (Å²) in [5.41, 5.74) is 1.03. The first-order valence-corrected chi connectivity index (χ1v) is 8.61. The summed E-state index contributed by atoms with van der Waals surface area (Å²) in [7, 11) is -1.17. The van der Waals surface area contributed by atoms with Gasteiger partial charge in [0.1, 0.15) is 10.8 Å². The number of nitrogens with zero attached hydrogens (tertiary/aromatic N) is 3. The van der Waals surface area contributed by atoms with Crippen LogP contribution in [0.2, 0.25) is 10.0 Å². The summed E-state index contributed by atoms with van der Waals surface area (Å²) >= 11 is 11.9. The molecule has 0 aromatic heterocycles. The van der Waals surface area contributed by atoms with Gasteiger partial charge in [-0.25, -0.2) is 8.42 Å². The van der Waals surface area contributed by atoms with Gasteiger partial charge in [0.25, 0.3) is 0 Å². The van der Waals surface area contributed by atoms with Crippen molar-refractivity contribution in [1.82, 2.24) is 0 Å². The minimum absolute atomic E-state index is 0.251. The summed E-state index contributed by atoms with van der Waals surface area (Å²) in [6, 6.07) is 10.2. The van der Waals surface area contributed by atoms with Crippen molar-refractivity contribution in [1.29, 1.82) is 5.39 Å². The Morgan fingerprint density at radius 1 is 1.20 bits per heavy atom. The molecule has 0 aliphatic rings. The smallest absolute Gasteiger partial charge is 0.407 e. The summed E-state index contributed by atoms with van der Waals surface area (Å²) in [5.74, 6) is 1.17. The fourth-order valence-electron chi connectivity index (χ4n) is 1.67. The van der Waals surface area contributed by atoms with E-state index in [0.29, 0.717) is 21.5 Å². The Bertz CT molecular complexity index is 873. The standard InChI is InChI=1S/C14H12Cl2N3O.H2O4S/c1-19(2)13-7-11(16)12(18-17)8-14(13)20-10-5-3-9(15)4-6-10;1-5(2,3)4/h3-8H,1-2H3;(H2,1,2,3,4)/q+1;/p-1. The van der Waals surface area contributed by atoms with E-state index in [1.54, 1.807) is 36.4 Å². The van der Waals surface area contributed by atoms with Crippen LogP contribution in [0.3, 0.4) is 0 Å². The molecule has 2 aromatic rings. The molecule has 0 aliphatic carbocycles. The van der Waals surface area contributed by atoms with Crippen molar-refractivity contribution in [3.8, 4) is 11.5 Å². The second-order valence-corrected chi connectivity index (χ2v) is 6.45. The summed E-state index contributed by atoms with van der Waals surface area (Å²) in [6.45, 7) is 0. The van der Waals surface area contributed by atoms with Gasteiger partial charge in [0.2, 0.25) is 15.8 Å². The van der Waals surface area contributed by atoms with Crippen molar-refractivity contribution >= 4 is 45.0 Å². The van der Waals surface area contributed by atoms with Crippen molar-refractivity contribution in [3.05, 3.63) is 51.4 Å². The van der Waals surface area contributed by atoms with Crippen LogP contribution in [0.15, 0.2) is 36.4 Å². The van der Waals surface area contributed by atoms with E-state index in [1.165, 1.54) is 0 Å². The first kappa shape index (κ1) is 21.0. The Morgan fingerprint density at radius 3 is 2.16 bits per heavy atom. The van der Waals surface area contributed by atoms with E-state index in [4.69, 9.17) is 50.9 Å². The third kappa shape index (κ3) is 7.55. The monoisotopic (exact) mass is 405 g/mol. The van der Waals surface area contributed by atoms with Crippen molar-refractivity contribution in [3.63, 3.8) is 0 Å². The first-order valence-electron chi connectivity index (χ1n) is 6.49. The second kappa shape index (κ2) is 8.84. The maximum Gasteiger partial charge on any atom is 0.407 e. The fraction of sp³-hybridized carbons (Fsp3) is 0.143. The van der Waals surface area contributed by atoms with E-state index >= 15 is 0 Å². The van der Waals surface area contributed by atoms with Crippen LogP contribution in [0, 0.1) is 5.39 Å². The molecule has 0 fully saturated rings. The molecule has 134 valence electrons. The van der Waals surface area contributed by atoms with Gasteiger partial charge in [0.15, 0.2) is 10.7 Å². The fourth-order valence-corrected chi connectivity index (χ4v) is 1.99. The zero-order valence-electron chi connectivity index (χ0n) is 13.1.